The predicted molar refractivity (Wildman–Crippen MR) is 125 cm³/mol. The van der Waals surface area contributed by atoms with E-state index in [1.807, 2.05) is 0 Å². The van der Waals surface area contributed by atoms with E-state index in [0.717, 1.165) is 0 Å². The first kappa shape index (κ1) is 24.4. The maximum Gasteiger partial charge on any atom is 0.338 e. The van der Waals surface area contributed by atoms with Crippen LogP contribution >= 0.6 is 27.3 Å². The maximum absolute atomic E-state index is 14.1. The highest BCUT2D eigenvalue weighted by Gasteiger charge is 2.43. The zero-order valence-corrected chi connectivity index (χ0v) is 20.4. The van der Waals surface area contributed by atoms with Gasteiger partial charge in [-0.05, 0) is 24.6 Å². The van der Waals surface area contributed by atoms with Crippen LogP contribution in [-0.4, -0.2) is 64.7 Å². The molecule has 12 heteroatoms. The summed E-state index contributed by atoms with van der Waals surface area (Å²) < 4.78 is 33.7. The number of ether oxygens (including phenoxy) is 1. The van der Waals surface area contributed by atoms with E-state index in [1.165, 1.54) is 29.5 Å². The van der Waals surface area contributed by atoms with E-state index in [0.29, 0.717) is 26.6 Å². The van der Waals surface area contributed by atoms with Crippen LogP contribution in [0.2, 0.25) is 0 Å². The highest BCUT2D eigenvalue weighted by Crippen LogP contribution is 2.38. The van der Waals surface area contributed by atoms with Gasteiger partial charge in [0.1, 0.15) is 18.0 Å². The Labute approximate surface area is 206 Å². The second kappa shape index (κ2) is 10.3. The number of benzene rings is 1. The number of carboxylic acids is 1. The molecule has 8 nitrogen and oxygen atoms in total. The van der Waals surface area contributed by atoms with Crippen molar-refractivity contribution in [2.45, 2.75) is 31.6 Å². The molecule has 1 aromatic heterocycles. The summed E-state index contributed by atoms with van der Waals surface area (Å²) in [7, 11) is 0. The molecule has 2 aromatic rings. The topological polar surface area (TPSA) is 104 Å². The summed E-state index contributed by atoms with van der Waals surface area (Å²) in [6, 6.07) is 2.42. The highest BCUT2D eigenvalue weighted by molar-refractivity contribution is 9.10. The largest absolute Gasteiger partial charge is 0.481 e. The van der Waals surface area contributed by atoms with Crippen LogP contribution in [0, 0.1) is 5.82 Å². The molecule has 2 N–H and O–H groups in total. The summed E-state index contributed by atoms with van der Waals surface area (Å²) in [5.41, 5.74) is 1.12. The van der Waals surface area contributed by atoms with E-state index in [-0.39, 0.29) is 31.7 Å². The van der Waals surface area contributed by atoms with Gasteiger partial charge in [-0.25, -0.2) is 18.6 Å². The summed E-state index contributed by atoms with van der Waals surface area (Å²) in [5, 5.41) is 14.6. The third-order valence-electron chi connectivity index (χ3n) is 5.55. The van der Waals surface area contributed by atoms with Crippen molar-refractivity contribution in [3.8, 4) is 0 Å². The van der Waals surface area contributed by atoms with Crippen molar-refractivity contribution in [1.82, 2.24) is 15.2 Å². The van der Waals surface area contributed by atoms with Crippen LogP contribution in [0.5, 0.6) is 0 Å². The summed E-state index contributed by atoms with van der Waals surface area (Å²) in [5.74, 6) is -1.79. The Bertz CT molecular complexity index is 1160. The molecule has 2 aliphatic rings. The molecule has 180 valence electrons. The number of nitrogens with one attached hydrogen (secondary N) is 1. The fourth-order valence-electron chi connectivity index (χ4n) is 3.96. The highest BCUT2D eigenvalue weighted by atomic mass is 79.9. The number of aliphatic imine (C=N–C) groups is 1. The molecule has 0 saturated carbocycles. The smallest absolute Gasteiger partial charge is 0.338 e. The standard InChI is InChI=1S/C22H21BrF2N4O4S/c1-2-33-22(32)18-15(10-29-9-14(25)16(29)8-17(30)31)27-20(21-26-5-6-34-21)28-19(18)12-4-3-11(24)7-13(12)23/h3-7,14,16,19H,2,8-10H2,1H3,(H,27,28)(H,30,31)/t14?,16?,19-/m0/s1. The minimum absolute atomic E-state index is 0.0356. The number of carbonyl (C=O) groups excluding carboxylic acids is 1. The van der Waals surface area contributed by atoms with Gasteiger partial charge in [-0.1, -0.05) is 22.0 Å². The van der Waals surface area contributed by atoms with E-state index in [2.05, 4.69) is 26.2 Å². The fraction of sp³-hybridized carbons (Fsp3) is 0.364. The first-order valence-electron chi connectivity index (χ1n) is 10.5. The number of hydrogen-bond donors (Lipinski definition) is 2. The van der Waals surface area contributed by atoms with Gasteiger partial charge in [0, 0.05) is 34.8 Å². The van der Waals surface area contributed by atoms with Crippen LogP contribution in [0.25, 0.3) is 0 Å². The molecule has 0 radical (unpaired) electrons. The number of alkyl halides is 1. The number of thiazole rings is 1. The normalized spacial score (nSPS) is 22.6. The summed E-state index contributed by atoms with van der Waals surface area (Å²) in [4.78, 5) is 34.9. The van der Waals surface area contributed by atoms with Crippen molar-refractivity contribution < 1.29 is 28.2 Å². The maximum atomic E-state index is 14.1. The summed E-state index contributed by atoms with van der Waals surface area (Å²) in [6.45, 7) is 1.90. The Balaban J connectivity index is 1.79. The minimum atomic E-state index is -1.28. The Morgan fingerprint density at radius 1 is 1.41 bits per heavy atom. The molecule has 4 rings (SSSR count). The van der Waals surface area contributed by atoms with Gasteiger partial charge in [-0.15, -0.1) is 11.3 Å². The number of rotatable bonds is 8. The number of aromatic nitrogens is 1. The Hall–Kier alpha value is -2.70. The summed E-state index contributed by atoms with van der Waals surface area (Å²) >= 11 is 4.70. The SMILES string of the molecule is CCOC(=O)C1=C(CN2CC(F)C2CC(=O)O)NC(c2nccs2)=N[C@H]1c1ccc(F)cc1Br. The van der Waals surface area contributed by atoms with Crippen molar-refractivity contribution in [2.75, 3.05) is 19.7 Å². The number of halogens is 3. The van der Waals surface area contributed by atoms with Gasteiger partial charge in [-0.3, -0.25) is 14.7 Å². The van der Waals surface area contributed by atoms with Gasteiger partial charge in [-0.2, -0.15) is 0 Å². The number of aliphatic carboxylic acids is 1. The minimum Gasteiger partial charge on any atom is -0.481 e. The third kappa shape index (κ3) is 5.03. The number of hydrogen-bond acceptors (Lipinski definition) is 8. The van der Waals surface area contributed by atoms with Crippen LogP contribution in [0.1, 0.15) is 30.0 Å². The molecule has 0 spiro atoms. The van der Waals surface area contributed by atoms with Gasteiger partial charge < -0.3 is 15.2 Å². The van der Waals surface area contributed by atoms with Crippen LogP contribution in [0.15, 0.2) is 50.5 Å². The van der Waals surface area contributed by atoms with E-state index >= 15 is 0 Å². The van der Waals surface area contributed by atoms with Crippen molar-refractivity contribution in [1.29, 1.82) is 0 Å². The molecule has 3 atom stereocenters. The lowest BCUT2D eigenvalue weighted by Gasteiger charge is -2.44. The average molecular weight is 555 g/mol. The second-order valence-corrected chi connectivity index (χ2v) is 9.48. The molecule has 0 amide bonds. The molecule has 2 aliphatic heterocycles. The van der Waals surface area contributed by atoms with Crippen molar-refractivity contribution in [3.63, 3.8) is 0 Å². The number of carbonyl (C=O) groups is 2. The van der Waals surface area contributed by atoms with E-state index < -0.39 is 36.0 Å². The zero-order chi connectivity index (χ0) is 24.4. The van der Waals surface area contributed by atoms with E-state index in [4.69, 9.17) is 14.8 Å². The van der Waals surface area contributed by atoms with Crippen molar-refractivity contribution in [2.24, 2.45) is 4.99 Å². The van der Waals surface area contributed by atoms with E-state index in [1.54, 1.807) is 23.4 Å². The zero-order valence-electron chi connectivity index (χ0n) is 18.0. The number of carboxylic acid groups (broad SMARTS) is 1. The molecule has 1 fully saturated rings. The quantitative estimate of drug-likeness (QED) is 0.481. The van der Waals surface area contributed by atoms with Crippen LogP contribution < -0.4 is 5.32 Å². The Kier molecular flexibility index (Phi) is 7.39. The molecule has 2 unspecified atom stereocenters. The van der Waals surface area contributed by atoms with Crippen LogP contribution in [0.4, 0.5) is 8.78 Å². The first-order valence-corrected chi connectivity index (χ1v) is 12.2. The van der Waals surface area contributed by atoms with Crippen molar-refractivity contribution in [3.05, 3.63) is 61.9 Å². The number of likely N-dealkylation sites (tertiary alicyclic amines) is 1. The van der Waals surface area contributed by atoms with Crippen LogP contribution in [-0.2, 0) is 14.3 Å². The lowest BCUT2D eigenvalue weighted by Crippen LogP contribution is -2.60. The van der Waals surface area contributed by atoms with Crippen molar-refractivity contribution >= 4 is 45.0 Å². The van der Waals surface area contributed by atoms with E-state index in [9.17, 15) is 18.4 Å². The molecule has 3 heterocycles. The third-order valence-corrected chi connectivity index (χ3v) is 7.02. The molecule has 34 heavy (non-hydrogen) atoms. The predicted octanol–water partition coefficient (Wildman–Crippen LogP) is 3.45. The molecular formula is C22H21BrF2N4O4S. The fourth-order valence-corrected chi connectivity index (χ4v) is 5.12. The van der Waals surface area contributed by atoms with Gasteiger partial charge in [0.2, 0.25) is 0 Å². The van der Waals surface area contributed by atoms with Gasteiger partial charge in [0.15, 0.2) is 10.8 Å². The number of amidine groups is 1. The molecule has 1 saturated heterocycles. The average Bonchev–Trinajstić information content (AvgIpc) is 3.32. The number of esters is 1. The number of nitrogens with zero attached hydrogens (tertiary/aromatic N) is 3. The van der Waals surface area contributed by atoms with Crippen LogP contribution in [0.3, 0.4) is 0 Å². The van der Waals surface area contributed by atoms with Gasteiger partial charge in [0.05, 0.1) is 24.6 Å². The van der Waals surface area contributed by atoms with Gasteiger partial charge >= 0.3 is 11.9 Å². The lowest BCUT2D eigenvalue weighted by molar-refractivity contribution is -0.142. The Morgan fingerprint density at radius 3 is 2.82 bits per heavy atom. The Morgan fingerprint density at radius 2 is 2.21 bits per heavy atom. The first-order chi connectivity index (χ1) is 16.3. The molecule has 0 aliphatic carbocycles. The molecule has 0 bridgehead atoms. The lowest BCUT2D eigenvalue weighted by atomic mass is 9.93. The second-order valence-electron chi connectivity index (χ2n) is 7.73. The summed E-state index contributed by atoms with van der Waals surface area (Å²) in [6.07, 6.45) is -0.0206. The molecular weight excluding hydrogens is 534 g/mol. The monoisotopic (exact) mass is 554 g/mol. The van der Waals surface area contributed by atoms with Gasteiger partial charge in [0.25, 0.3) is 0 Å². The molecule has 1 aromatic carbocycles.